The predicted octanol–water partition coefficient (Wildman–Crippen LogP) is 3.74. The third-order valence-corrected chi connectivity index (χ3v) is 7.98. The van der Waals surface area contributed by atoms with Crippen molar-refractivity contribution >= 4 is 26.9 Å². The number of aromatic nitrogens is 1. The molecule has 1 aliphatic rings. The molecule has 0 bridgehead atoms. The number of methoxy groups -OCH3 is 1. The van der Waals surface area contributed by atoms with Crippen molar-refractivity contribution in [2.24, 2.45) is 0 Å². The van der Waals surface area contributed by atoms with Gasteiger partial charge in [0.2, 0.25) is 16.8 Å². The van der Waals surface area contributed by atoms with Gasteiger partial charge in [-0.1, -0.05) is 29.8 Å². The number of esters is 1. The highest BCUT2D eigenvalue weighted by molar-refractivity contribution is 7.89. The van der Waals surface area contributed by atoms with E-state index in [4.69, 9.17) is 14.2 Å². The number of benzene rings is 3. The Kier molecular flexibility index (Phi) is 6.45. The van der Waals surface area contributed by atoms with Crippen LogP contribution in [0.5, 0.6) is 11.5 Å². The number of sulfonamides is 1. The molecule has 0 radical (unpaired) electrons. The number of H-pyrrole nitrogens is 1. The van der Waals surface area contributed by atoms with E-state index >= 15 is 0 Å². The first-order valence-electron chi connectivity index (χ1n) is 11.4. The fourth-order valence-electron chi connectivity index (χ4n) is 4.26. The van der Waals surface area contributed by atoms with Crippen LogP contribution in [-0.4, -0.2) is 37.6 Å². The molecule has 0 spiro atoms. The molecule has 0 saturated heterocycles. The van der Waals surface area contributed by atoms with Gasteiger partial charge in [0.25, 0.3) is 5.56 Å². The van der Waals surface area contributed by atoms with Gasteiger partial charge in [-0.2, -0.15) is 4.31 Å². The Balaban J connectivity index is 1.61. The summed E-state index contributed by atoms with van der Waals surface area (Å²) in [6.07, 6.45) is 0. The third-order valence-electron chi connectivity index (χ3n) is 6.13. The number of nitrogens with one attached hydrogen (secondary N) is 1. The molecule has 0 aliphatic carbocycles. The van der Waals surface area contributed by atoms with Gasteiger partial charge in [0.05, 0.1) is 17.6 Å². The van der Waals surface area contributed by atoms with Crippen molar-refractivity contribution in [2.45, 2.75) is 24.9 Å². The maximum absolute atomic E-state index is 14.0. The summed E-state index contributed by atoms with van der Waals surface area (Å²) in [7, 11) is -3.08. The van der Waals surface area contributed by atoms with Gasteiger partial charge < -0.3 is 19.2 Å². The first-order valence-corrected chi connectivity index (χ1v) is 12.9. The lowest BCUT2D eigenvalue weighted by Crippen LogP contribution is -2.33. The lowest BCUT2D eigenvalue weighted by atomic mass is 10.1. The van der Waals surface area contributed by atoms with Crippen LogP contribution in [0.4, 0.5) is 0 Å². The fourth-order valence-corrected chi connectivity index (χ4v) is 5.84. The highest BCUT2D eigenvalue weighted by Gasteiger charge is 2.31. The zero-order valence-electron chi connectivity index (χ0n) is 20.2. The lowest BCUT2D eigenvalue weighted by molar-refractivity contribution is 0.0596. The SMILES string of the molecule is COC(=O)c1ccccc1S(=O)(=O)N(Cc1ccc2c(c1)OCO2)Cc1cc2cc(C)ccc2[nH]c1=O. The minimum Gasteiger partial charge on any atom is -0.465 e. The number of carbonyl (C=O) groups is 1. The van der Waals surface area contributed by atoms with E-state index in [1.807, 2.05) is 25.1 Å². The van der Waals surface area contributed by atoms with Gasteiger partial charge in [-0.3, -0.25) is 4.79 Å². The Morgan fingerprint density at radius 2 is 1.78 bits per heavy atom. The predicted molar refractivity (Wildman–Crippen MR) is 136 cm³/mol. The van der Waals surface area contributed by atoms with Gasteiger partial charge in [0.15, 0.2) is 11.5 Å². The molecule has 37 heavy (non-hydrogen) atoms. The number of pyridine rings is 1. The van der Waals surface area contributed by atoms with Crippen LogP contribution < -0.4 is 15.0 Å². The summed E-state index contributed by atoms with van der Waals surface area (Å²) in [6.45, 7) is 1.70. The quantitative estimate of drug-likeness (QED) is 0.369. The van der Waals surface area contributed by atoms with E-state index in [-0.39, 0.29) is 35.9 Å². The van der Waals surface area contributed by atoms with Crippen molar-refractivity contribution in [3.8, 4) is 11.5 Å². The highest BCUT2D eigenvalue weighted by atomic mass is 32.2. The van der Waals surface area contributed by atoms with Gasteiger partial charge >= 0.3 is 5.97 Å². The van der Waals surface area contributed by atoms with Crippen LogP contribution in [0.25, 0.3) is 10.9 Å². The largest absolute Gasteiger partial charge is 0.465 e. The lowest BCUT2D eigenvalue weighted by Gasteiger charge is -2.23. The summed E-state index contributed by atoms with van der Waals surface area (Å²) < 4.78 is 44.8. The maximum Gasteiger partial charge on any atom is 0.339 e. The average Bonchev–Trinajstić information content (AvgIpc) is 3.36. The molecule has 0 amide bonds. The highest BCUT2D eigenvalue weighted by Crippen LogP contribution is 2.34. The van der Waals surface area contributed by atoms with E-state index in [1.165, 1.54) is 29.6 Å². The van der Waals surface area contributed by atoms with Crippen LogP contribution in [0.2, 0.25) is 0 Å². The van der Waals surface area contributed by atoms with Gasteiger partial charge in [0, 0.05) is 24.2 Å². The molecule has 3 aromatic carbocycles. The zero-order chi connectivity index (χ0) is 26.2. The Morgan fingerprint density at radius 1 is 1.00 bits per heavy atom. The molecule has 0 fully saturated rings. The summed E-state index contributed by atoms with van der Waals surface area (Å²) in [5.74, 6) is 0.292. The maximum atomic E-state index is 14.0. The number of hydrogen-bond donors (Lipinski definition) is 1. The minimum atomic E-state index is -4.27. The van der Waals surface area contributed by atoms with Crippen LogP contribution in [0.1, 0.15) is 27.0 Å². The van der Waals surface area contributed by atoms with Crippen molar-refractivity contribution in [2.75, 3.05) is 13.9 Å². The number of carbonyl (C=O) groups excluding carboxylic acids is 1. The van der Waals surface area contributed by atoms with Gasteiger partial charge in [-0.15, -0.1) is 0 Å². The van der Waals surface area contributed by atoms with Gasteiger partial charge in [-0.25, -0.2) is 13.2 Å². The van der Waals surface area contributed by atoms with E-state index in [0.717, 1.165) is 10.9 Å². The number of fused-ring (bicyclic) bond motifs is 2. The Morgan fingerprint density at radius 3 is 2.59 bits per heavy atom. The molecule has 1 aromatic heterocycles. The van der Waals surface area contributed by atoms with E-state index in [9.17, 15) is 18.0 Å². The van der Waals surface area contributed by atoms with Gasteiger partial charge in [-0.05, 0) is 60.3 Å². The number of aromatic amines is 1. The number of rotatable bonds is 7. The second-order valence-electron chi connectivity index (χ2n) is 8.66. The molecule has 10 heteroatoms. The smallest absolute Gasteiger partial charge is 0.339 e. The molecule has 190 valence electrons. The molecule has 4 aromatic rings. The first kappa shape index (κ1) is 24.5. The van der Waals surface area contributed by atoms with Crippen molar-refractivity contribution in [3.05, 3.63) is 99.3 Å². The second-order valence-corrected chi connectivity index (χ2v) is 10.6. The molecule has 0 unspecified atom stereocenters. The summed E-state index contributed by atoms with van der Waals surface area (Å²) in [5.41, 5.74) is 2.05. The molecule has 5 rings (SSSR count). The Bertz CT molecular complexity index is 1680. The molecule has 1 aliphatic heterocycles. The molecular formula is C27H24N2O7S. The molecule has 1 N–H and O–H groups in total. The molecule has 9 nitrogen and oxygen atoms in total. The molecule has 0 atom stereocenters. The Hall–Kier alpha value is -4.15. The van der Waals surface area contributed by atoms with Crippen LogP contribution >= 0.6 is 0 Å². The van der Waals surface area contributed by atoms with E-state index in [0.29, 0.717) is 22.6 Å². The number of nitrogens with zero attached hydrogens (tertiary/aromatic N) is 1. The van der Waals surface area contributed by atoms with Crippen molar-refractivity contribution in [1.82, 2.24) is 9.29 Å². The van der Waals surface area contributed by atoms with E-state index in [2.05, 4.69) is 4.98 Å². The summed E-state index contributed by atoms with van der Waals surface area (Å²) in [5, 5.41) is 0.782. The van der Waals surface area contributed by atoms with Crippen molar-refractivity contribution in [3.63, 3.8) is 0 Å². The van der Waals surface area contributed by atoms with Crippen LogP contribution in [0.15, 0.2) is 76.4 Å². The zero-order valence-corrected chi connectivity index (χ0v) is 21.0. The van der Waals surface area contributed by atoms with Crippen molar-refractivity contribution < 1.29 is 27.4 Å². The van der Waals surface area contributed by atoms with E-state index in [1.54, 1.807) is 30.3 Å². The number of aryl methyl sites for hydroxylation is 1. The molecular weight excluding hydrogens is 496 g/mol. The number of hydrogen-bond acceptors (Lipinski definition) is 7. The summed E-state index contributed by atoms with van der Waals surface area (Å²) >= 11 is 0. The van der Waals surface area contributed by atoms with Crippen molar-refractivity contribution in [1.29, 1.82) is 0 Å². The monoisotopic (exact) mass is 520 g/mol. The summed E-state index contributed by atoms with van der Waals surface area (Å²) in [6, 6.07) is 18.3. The van der Waals surface area contributed by atoms with Crippen LogP contribution in [0.3, 0.4) is 0 Å². The van der Waals surface area contributed by atoms with Crippen LogP contribution in [-0.2, 0) is 27.8 Å². The molecule has 0 saturated carbocycles. The first-order chi connectivity index (χ1) is 17.8. The third kappa shape index (κ3) is 4.81. The van der Waals surface area contributed by atoms with Crippen LogP contribution in [0, 0.1) is 6.92 Å². The van der Waals surface area contributed by atoms with Gasteiger partial charge in [0.1, 0.15) is 0 Å². The number of ether oxygens (including phenoxy) is 3. The molecule has 2 heterocycles. The fraction of sp³-hybridized carbons (Fsp3) is 0.185. The Labute approximate surface area is 213 Å². The normalized spacial score (nSPS) is 12.7. The second kappa shape index (κ2) is 9.72. The summed E-state index contributed by atoms with van der Waals surface area (Å²) in [4.78, 5) is 28.0. The standard InChI is InChI=1S/C27H24N2O7S/c1-17-7-9-22-19(11-17)13-20(26(30)28-22)15-29(14-18-8-10-23-24(12-18)36-16-35-23)37(32,33)25-6-4-3-5-21(25)27(31)34-2/h3-13H,14-16H2,1-2H3,(H,28,30). The van der Waals surface area contributed by atoms with E-state index < -0.39 is 21.6 Å². The minimum absolute atomic E-state index is 0.0825. The topological polar surface area (TPSA) is 115 Å². The average molecular weight is 521 g/mol.